The first-order chi connectivity index (χ1) is 10.1. The first kappa shape index (κ1) is 16.1. The molecule has 0 fully saturated rings. The maximum absolute atomic E-state index is 13.4. The average molecular weight is 317 g/mol. The lowest BCUT2D eigenvalue weighted by Crippen LogP contribution is -2.68. The number of halogens is 3. The molecule has 1 aromatic carbocycles. The lowest BCUT2D eigenvalue weighted by molar-refractivity contribution is -0.263. The van der Waals surface area contributed by atoms with Gasteiger partial charge in [-0.1, -0.05) is 12.1 Å². The van der Waals surface area contributed by atoms with Crippen LogP contribution in [0.5, 0.6) is 0 Å². The number of amides is 2. The van der Waals surface area contributed by atoms with Gasteiger partial charge in [0.2, 0.25) is 5.91 Å². The third-order valence-electron chi connectivity index (χ3n) is 3.47. The second-order valence-electron chi connectivity index (χ2n) is 4.96. The lowest BCUT2D eigenvalue weighted by atomic mass is 10.0. The van der Waals surface area contributed by atoms with Crippen LogP contribution < -0.4 is 10.6 Å². The fourth-order valence-corrected chi connectivity index (χ4v) is 2.23. The molecule has 0 spiro atoms. The number of rotatable bonds is 1. The smallest absolute Gasteiger partial charge is 0.362 e. The number of carbonyl (C=O) groups excluding carboxylic acids is 2. The zero-order chi connectivity index (χ0) is 16.7. The number of nitrogens with one attached hydrogen (secondary N) is 2. The summed E-state index contributed by atoms with van der Waals surface area (Å²) in [6.45, 7) is 1.00. The van der Waals surface area contributed by atoms with E-state index in [1.54, 1.807) is 0 Å². The van der Waals surface area contributed by atoms with Gasteiger partial charge >= 0.3 is 6.18 Å². The van der Waals surface area contributed by atoms with E-state index in [1.165, 1.54) is 24.3 Å². The molecular formula is C13H14F3N3O3. The van der Waals surface area contributed by atoms with Gasteiger partial charge in [0.1, 0.15) is 0 Å². The Morgan fingerprint density at radius 2 is 1.86 bits per heavy atom. The molecule has 22 heavy (non-hydrogen) atoms. The van der Waals surface area contributed by atoms with E-state index in [-0.39, 0.29) is 11.4 Å². The van der Waals surface area contributed by atoms with Crippen molar-refractivity contribution in [1.82, 2.24) is 4.90 Å². The summed E-state index contributed by atoms with van der Waals surface area (Å²) < 4.78 is 40.3. The number of fused-ring (bicyclic) bond motifs is 1. The van der Waals surface area contributed by atoms with Gasteiger partial charge in [-0.25, -0.2) is 0 Å². The number of nitrogens with zero attached hydrogens (tertiary/aromatic N) is 1. The maximum Gasteiger partial charge on any atom is 0.439 e. The highest BCUT2D eigenvalue weighted by molar-refractivity contribution is 6.02. The third kappa shape index (κ3) is 2.47. The van der Waals surface area contributed by atoms with Crippen molar-refractivity contribution in [1.29, 1.82) is 0 Å². The Balaban J connectivity index is 2.62. The average Bonchev–Trinajstić information content (AvgIpc) is 2.50. The number of para-hydroxylation sites is 2. The van der Waals surface area contributed by atoms with Gasteiger partial charge < -0.3 is 20.6 Å². The van der Waals surface area contributed by atoms with E-state index in [9.17, 15) is 27.9 Å². The van der Waals surface area contributed by atoms with Gasteiger partial charge in [-0.2, -0.15) is 13.2 Å². The summed E-state index contributed by atoms with van der Waals surface area (Å²) >= 11 is 0. The Hall–Kier alpha value is -2.29. The molecule has 1 heterocycles. The van der Waals surface area contributed by atoms with Crippen LogP contribution >= 0.6 is 0 Å². The minimum Gasteiger partial charge on any atom is -0.362 e. The summed E-state index contributed by atoms with van der Waals surface area (Å²) in [5, 5.41) is 14.4. The summed E-state index contributed by atoms with van der Waals surface area (Å²) in [7, 11) is 1.01. The van der Waals surface area contributed by atoms with Crippen LogP contribution in [0.1, 0.15) is 6.92 Å². The fraction of sp³-hybridized carbons (Fsp3) is 0.385. The molecule has 2 unspecified atom stereocenters. The minimum atomic E-state index is -5.20. The van der Waals surface area contributed by atoms with Gasteiger partial charge in [0.05, 0.1) is 11.4 Å². The van der Waals surface area contributed by atoms with Crippen molar-refractivity contribution < 1.29 is 27.9 Å². The van der Waals surface area contributed by atoms with Gasteiger partial charge in [-0.3, -0.25) is 9.59 Å². The molecule has 0 saturated heterocycles. The first-order valence-corrected chi connectivity index (χ1v) is 6.28. The Labute approximate surface area is 123 Å². The quantitative estimate of drug-likeness (QED) is 0.726. The van der Waals surface area contributed by atoms with E-state index in [0.717, 1.165) is 14.0 Å². The Morgan fingerprint density at radius 1 is 1.32 bits per heavy atom. The summed E-state index contributed by atoms with van der Waals surface area (Å²) in [5.41, 5.74) is -3.64. The van der Waals surface area contributed by atoms with Gasteiger partial charge in [0, 0.05) is 14.0 Å². The van der Waals surface area contributed by atoms with Crippen molar-refractivity contribution in [3.63, 3.8) is 0 Å². The standard InChI is InChI=1S/C13H14F3N3O3/c1-7(20)19(2)10-11(21)17-8-5-3-4-6-9(8)18-12(10,22)13(14,15)16/h3-6,10,18,22H,1-2H3,(H,17,21). The van der Waals surface area contributed by atoms with Crippen molar-refractivity contribution in [2.24, 2.45) is 0 Å². The minimum absolute atomic E-state index is 0.0784. The summed E-state index contributed by atoms with van der Waals surface area (Å²) in [5.74, 6) is -1.94. The van der Waals surface area contributed by atoms with Crippen LogP contribution in [-0.4, -0.2) is 46.8 Å². The molecule has 3 N–H and O–H groups in total. The number of hydrogen-bond donors (Lipinski definition) is 3. The van der Waals surface area contributed by atoms with Gasteiger partial charge in [0.15, 0.2) is 6.04 Å². The molecule has 0 saturated carbocycles. The van der Waals surface area contributed by atoms with Crippen molar-refractivity contribution in [2.45, 2.75) is 24.9 Å². The van der Waals surface area contributed by atoms with Gasteiger partial charge in [-0.05, 0) is 12.1 Å². The van der Waals surface area contributed by atoms with Crippen molar-refractivity contribution in [3.8, 4) is 0 Å². The second-order valence-corrected chi connectivity index (χ2v) is 4.96. The summed E-state index contributed by atoms with van der Waals surface area (Å²) in [6, 6.07) is 3.44. The zero-order valence-electron chi connectivity index (χ0n) is 11.7. The largest absolute Gasteiger partial charge is 0.439 e. The molecule has 2 atom stereocenters. The molecule has 6 nitrogen and oxygen atoms in total. The molecule has 9 heteroatoms. The van der Waals surface area contributed by atoms with Crippen molar-refractivity contribution >= 4 is 23.2 Å². The van der Waals surface area contributed by atoms with E-state index in [2.05, 4.69) is 5.32 Å². The highest BCUT2D eigenvalue weighted by Crippen LogP contribution is 2.40. The molecule has 0 bridgehead atoms. The van der Waals surface area contributed by atoms with Crippen LogP contribution in [0.4, 0.5) is 24.5 Å². The van der Waals surface area contributed by atoms with Crippen LogP contribution in [0.25, 0.3) is 0 Å². The number of alkyl halides is 3. The molecule has 0 aromatic heterocycles. The van der Waals surface area contributed by atoms with Crippen LogP contribution in [0.15, 0.2) is 24.3 Å². The highest BCUT2D eigenvalue weighted by Gasteiger charge is 2.64. The Kier molecular flexibility index (Phi) is 3.78. The summed E-state index contributed by atoms with van der Waals surface area (Å²) in [6.07, 6.45) is -5.20. The van der Waals surface area contributed by atoms with Crippen LogP contribution in [-0.2, 0) is 9.59 Å². The molecular weight excluding hydrogens is 303 g/mol. The molecule has 1 aromatic rings. The monoisotopic (exact) mass is 317 g/mol. The molecule has 2 rings (SSSR count). The number of aliphatic hydroxyl groups is 1. The van der Waals surface area contributed by atoms with E-state index in [0.29, 0.717) is 4.90 Å². The molecule has 1 aliphatic rings. The van der Waals surface area contributed by atoms with Gasteiger partial charge in [0.25, 0.3) is 11.6 Å². The van der Waals surface area contributed by atoms with Crippen molar-refractivity contribution in [3.05, 3.63) is 24.3 Å². The number of anilines is 2. The van der Waals surface area contributed by atoms with Crippen molar-refractivity contribution in [2.75, 3.05) is 17.7 Å². The van der Waals surface area contributed by atoms with E-state index in [1.807, 2.05) is 5.32 Å². The Morgan fingerprint density at radius 3 is 2.36 bits per heavy atom. The topological polar surface area (TPSA) is 81.7 Å². The molecule has 0 aliphatic carbocycles. The van der Waals surface area contributed by atoms with E-state index < -0.39 is 29.8 Å². The predicted molar refractivity (Wildman–Crippen MR) is 71.9 cm³/mol. The van der Waals surface area contributed by atoms with E-state index >= 15 is 0 Å². The normalized spacial score (nSPS) is 24.6. The van der Waals surface area contributed by atoms with Crippen LogP contribution in [0.3, 0.4) is 0 Å². The van der Waals surface area contributed by atoms with Crippen LogP contribution in [0.2, 0.25) is 0 Å². The molecule has 1 aliphatic heterocycles. The number of benzene rings is 1. The first-order valence-electron chi connectivity index (χ1n) is 6.28. The third-order valence-corrected chi connectivity index (χ3v) is 3.47. The zero-order valence-corrected chi connectivity index (χ0v) is 11.7. The van der Waals surface area contributed by atoms with E-state index in [4.69, 9.17) is 0 Å². The predicted octanol–water partition coefficient (Wildman–Crippen LogP) is 1.15. The molecule has 2 amide bonds. The highest BCUT2D eigenvalue weighted by atomic mass is 19.4. The summed E-state index contributed by atoms with van der Waals surface area (Å²) in [4.78, 5) is 24.2. The van der Waals surface area contributed by atoms with Crippen LogP contribution in [0, 0.1) is 0 Å². The number of hydrogen-bond acceptors (Lipinski definition) is 4. The maximum atomic E-state index is 13.4. The SMILES string of the molecule is CC(=O)N(C)C1C(=O)Nc2ccccc2NC1(O)C(F)(F)F. The number of carbonyl (C=O) groups is 2. The number of likely N-dealkylation sites (N-methyl/N-ethyl adjacent to an activating group) is 1. The lowest BCUT2D eigenvalue weighted by Gasteiger charge is -2.39. The van der Waals surface area contributed by atoms with Gasteiger partial charge in [-0.15, -0.1) is 0 Å². The Bertz CT molecular complexity index is 620. The molecule has 0 radical (unpaired) electrons. The second kappa shape index (κ2) is 5.16. The molecule has 120 valence electrons. The fourth-order valence-electron chi connectivity index (χ4n) is 2.23.